The van der Waals surface area contributed by atoms with Crippen LogP contribution in [-0.4, -0.2) is 16.6 Å². The van der Waals surface area contributed by atoms with Gasteiger partial charge in [0.05, 0.1) is 6.61 Å². The van der Waals surface area contributed by atoms with Gasteiger partial charge in [0.25, 0.3) is 0 Å². The summed E-state index contributed by atoms with van der Waals surface area (Å²) in [6, 6.07) is 25.9. The molecule has 0 atom stereocenters. The quantitative estimate of drug-likeness (QED) is 0.0689. The molecule has 2 N–H and O–H groups in total. The number of hydrogen-bond acceptors (Lipinski definition) is 1. The molecule has 0 fully saturated rings. The Morgan fingerprint density at radius 2 is 1.07 bits per heavy atom. The van der Waals surface area contributed by atoms with Gasteiger partial charge in [0.2, 0.25) is 0 Å². The van der Waals surface area contributed by atoms with Crippen molar-refractivity contribution in [1.82, 2.24) is 9.97 Å². The molecule has 0 saturated heterocycles. The summed E-state index contributed by atoms with van der Waals surface area (Å²) < 4.78 is 6.16. The number of aromatic amines is 2. The van der Waals surface area contributed by atoms with Crippen molar-refractivity contribution < 1.29 is 4.74 Å². The van der Waals surface area contributed by atoms with E-state index in [9.17, 15) is 0 Å². The third-order valence-electron chi connectivity index (χ3n) is 9.00. The molecule has 0 amide bonds. The Balaban J connectivity index is 1.04. The van der Waals surface area contributed by atoms with E-state index in [0.717, 1.165) is 18.8 Å². The lowest BCUT2D eigenvalue weighted by Crippen LogP contribution is -2.03. The summed E-state index contributed by atoms with van der Waals surface area (Å²) >= 11 is 0. The van der Waals surface area contributed by atoms with Crippen LogP contribution in [0.4, 0.5) is 0 Å². The smallest absolute Gasteiger partial charge is 0.119 e. The second kappa shape index (κ2) is 17.5. The van der Waals surface area contributed by atoms with Crippen LogP contribution in [0.5, 0.6) is 5.75 Å². The van der Waals surface area contributed by atoms with Gasteiger partial charge >= 0.3 is 0 Å². The van der Waals surface area contributed by atoms with Gasteiger partial charge in [-0.05, 0) is 73.1 Å². The van der Waals surface area contributed by atoms with Gasteiger partial charge in [0.1, 0.15) is 5.75 Å². The molecule has 232 valence electrons. The zero-order valence-corrected chi connectivity index (χ0v) is 26.8. The molecule has 44 heavy (non-hydrogen) atoms. The first-order valence-corrected chi connectivity index (χ1v) is 17.3. The molecule has 3 nitrogen and oxygen atoms in total. The minimum Gasteiger partial charge on any atom is -0.494 e. The highest BCUT2D eigenvalue weighted by molar-refractivity contribution is 5.89. The molecule has 0 bridgehead atoms. The van der Waals surface area contributed by atoms with E-state index in [0.29, 0.717) is 0 Å². The maximum absolute atomic E-state index is 6.16. The molecule has 0 saturated carbocycles. The van der Waals surface area contributed by atoms with Crippen LogP contribution in [0.1, 0.15) is 119 Å². The average molecular weight is 589 g/mol. The highest BCUT2D eigenvalue weighted by atomic mass is 16.5. The van der Waals surface area contributed by atoms with Crippen molar-refractivity contribution in [1.29, 1.82) is 0 Å². The predicted octanol–water partition coefficient (Wildman–Crippen LogP) is 12.2. The fourth-order valence-electron chi connectivity index (χ4n) is 6.49. The van der Waals surface area contributed by atoms with Crippen molar-refractivity contribution in [3.63, 3.8) is 0 Å². The second-order valence-electron chi connectivity index (χ2n) is 12.4. The monoisotopic (exact) mass is 588 g/mol. The van der Waals surface area contributed by atoms with Crippen molar-refractivity contribution >= 4 is 21.8 Å². The molecule has 2 heterocycles. The zero-order valence-electron chi connectivity index (χ0n) is 26.8. The van der Waals surface area contributed by atoms with E-state index < -0.39 is 0 Å². The van der Waals surface area contributed by atoms with Crippen LogP contribution in [0.15, 0.2) is 97.3 Å². The number of nitrogens with one attached hydrogen (secondary N) is 2. The van der Waals surface area contributed by atoms with Gasteiger partial charge in [-0.15, -0.1) is 0 Å². The van der Waals surface area contributed by atoms with E-state index in [1.807, 2.05) is 0 Å². The van der Waals surface area contributed by atoms with E-state index in [1.165, 1.54) is 122 Å². The number of H-pyrrole nitrogens is 2. The Labute approximate surface area is 265 Å². The van der Waals surface area contributed by atoms with Crippen molar-refractivity contribution in [2.24, 2.45) is 0 Å². The van der Waals surface area contributed by atoms with E-state index >= 15 is 0 Å². The van der Waals surface area contributed by atoms with E-state index in [2.05, 4.69) is 114 Å². The Morgan fingerprint density at radius 1 is 0.568 bits per heavy atom. The standard InChI is InChI=1S/C41H52N2O/c1-2-3-4-5-6-7-8-9-10-11-12-13-14-15-16-21-30-44-34-28-26-33(27-29-34)41(37-31-42-39-24-19-17-22-35(37)39)38-32-43-40-25-20-18-23-36(38)40/h9-10,17-20,22-29,31-32,41-43H,2-8,11-16,21,30H2,1H3/b10-9+. The topological polar surface area (TPSA) is 40.8 Å². The summed E-state index contributed by atoms with van der Waals surface area (Å²) in [7, 11) is 0. The molecule has 0 aliphatic carbocycles. The number of benzene rings is 3. The second-order valence-corrected chi connectivity index (χ2v) is 12.4. The molecule has 5 rings (SSSR count). The lowest BCUT2D eigenvalue weighted by atomic mass is 9.85. The number of unbranched alkanes of at least 4 members (excludes halogenated alkanes) is 12. The SMILES string of the molecule is CCCCCCCC/C=C/CCCCCCCCOc1ccc(C(c2c[nH]c3ccccc23)c2c[nH]c3ccccc23)cc1. The fraction of sp³-hybridized carbons (Fsp3) is 0.415. The molecule has 3 heteroatoms. The summed E-state index contributed by atoms with van der Waals surface area (Å²) in [6.45, 7) is 3.07. The largest absolute Gasteiger partial charge is 0.494 e. The third-order valence-corrected chi connectivity index (χ3v) is 9.00. The fourth-order valence-corrected chi connectivity index (χ4v) is 6.49. The Kier molecular flexibility index (Phi) is 12.6. The van der Waals surface area contributed by atoms with Crippen LogP contribution in [0.2, 0.25) is 0 Å². The zero-order chi connectivity index (χ0) is 30.2. The highest BCUT2D eigenvalue weighted by Gasteiger charge is 2.23. The summed E-state index contributed by atoms with van der Waals surface area (Å²) in [4.78, 5) is 6.99. The number of para-hydroxylation sites is 2. The van der Waals surface area contributed by atoms with Gasteiger partial charge in [-0.25, -0.2) is 0 Å². The van der Waals surface area contributed by atoms with Crippen LogP contribution in [0.25, 0.3) is 21.8 Å². The molecule has 0 aliphatic rings. The first-order chi connectivity index (χ1) is 21.8. The molecule has 0 radical (unpaired) electrons. The van der Waals surface area contributed by atoms with Crippen molar-refractivity contribution in [3.8, 4) is 5.75 Å². The first-order valence-electron chi connectivity index (χ1n) is 17.3. The van der Waals surface area contributed by atoms with E-state index in [4.69, 9.17) is 4.74 Å². The summed E-state index contributed by atoms with van der Waals surface area (Å²) in [5.41, 5.74) is 6.20. The summed E-state index contributed by atoms with van der Waals surface area (Å²) in [5, 5.41) is 2.53. The number of allylic oxidation sites excluding steroid dienone is 2. The molecular formula is C41H52N2O. The Morgan fingerprint density at radius 3 is 1.64 bits per heavy atom. The molecule has 5 aromatic rings. The normalized spacial score (nSPS) is 11.9. The first kappa shape index (κ1) is 31.7. The van der Waals surface area contributed by atoms with Crippen LogP contribution < -0.4 is 4.74 Å². The van der Waals surface area contributed by atoms with Gasteiger partial charge in [0.15, 0.2) is 0 Å². The molecule has 0 spiro atoms. The van der Waals surface area contributed by atoms with E-state index in [1.54, 1.807) is 0 Å². The minimum absolute atomic E-state index is 0.118. The third kappa shape index (κ3) is 8.91. The molecule has 0 aliphatic heterocycles. The summed E-state index contributed by atoms with van der Waals surface area (Å²) in [5.74, 6) is 1.07. The Hall–Kier alpha value is -3.72. The van der Waals surface area contributed by atoms with Crippen LogP contribution >= 0.6 is 0 Å². The van der Waals surface area contributed by atoms with Crippen molar-refractivity contribution in [3.05, 3.63) is 114 Å². The Bertz CT molecular complexity index is 1470. The van der Waals surface area contributed by atoms with Gasteiger partial charge in [0, 0.05) is 40.1 Å². The lowest BCUT2D eigenvalue weighted by Gasteiger charge is -2.18. The van der Waals surface area contributed by atoms with Crippen molar-refractivity contribution in [2.75, 3.05) is 6.61 Å². The maximum atomic E-state index is 6.16. The number of rotatable bonds is 20. The number of ether oxygens (including phenoxy) is 1. The lowest BCUT2D eigenvalue weighted by molar-refractivity contribution is 0.304. The van der Waals surface area contributed by atoms with Gasteiger partial charge in [-0.1, -0.05) is 125 Å². The number of aromatic nitrogens is 2. The highest BCUT2D eigenvalue weighted by Crippen LogP contribution is 2.39. The van der Waals surface area contributed by atoms with Crippen LogP contribution in [0, 0.1) is 0 Å². The van der Waals surface area contributed by atoms with Gasteiger partial charge in [-0.3, -0.25) is 0 Å². The average Bonchev–Trinajstić information content (AvgIpc) is 3.68. The van der Waals surface area contributed by atoms with Gasteiger partial charge in [-0.2, -0.15) is 0 Å². The van der Waals surface area contributed by atoms with Crippen LogP contribution in [-0.2, 0) is 0 Å². The van der Waals surface area contributed by atoms with Gasteiger partial charge < -0.3 is 14.7 Å². The summed E-state index contributed by atoms with van der Waals surface area (Å²) in [6.07, 6.45) is 27.7. The number of fused-ring (bicyclic) bond motifs is 2. The van der Waals surface area contributed by atoms with Crippen molar-refractivity contribution in [2.45, 2.75) is 103 Å². The maximum Gasteiger partial charge on any atom is 0.119 e. The molecular weight excluding hydrogens is 536 g/mol. The predicted molar refractivity (Wildman–Crippen MR) is 189 cm³/mol. The number of hydrogen-bond donors (Lipinski definition) is 2. The van der Waals surface area contributed by atoms with E-state index in [-0.39, 0.29) is 5.92 Å². The van der Waals surface area contributed by atoms with Crippen LogP contribution in [0.3, 0.4) is 0 Å². The molecule has 3 aromatic carbocycles. The minimum atomic E-state index is 0.118. The molecule has 0 unspecified atom stereocenters. The molecule has 2 aromatic heterocycles.